The van der Waals surface area contributed by atoms with Crippen LogP contribution in [0.4, 0.5) is 0 Å². The van der Waals surface area contributed by atoms with Gasteiger partial charge in [-0.1, -0.05) is 99.1 Å². The maximum absolute atomic E-state index is 10.9. The van der Waals surface area contributed by atoms with Crippen LogP contribution < -0.4 is 0 Å². The van der Waals surface area contributed by atoms with Crippen molar-refractivity contribution in [3.63, 3.8) is 0 Å². The molecule has 0 radical (unpaired) electrons. The fourth-order valence-corrected chi connectivity index (χ4v) is 4.44. The van der Waals surface area contributed by atoms with E-state index in [2.05, 4.69) is 60.6 Å². The van der Waals surface area contributed by atoms with Gasteiger partial charge < -0.3 is 5.11 Å². The average molecular weight is 375 g/mol. The Morgan fingerprint density at radius 2 is 1.15 bits per heavy atom. The van der Waals surface area contributed by atoms with Crippen LogP contribution in [0.25, 0.3) is 0 Å². The molecule has 1 rings (SSSR count). The molecule has 0 bridgehead atoms. The van der Waals surface area contributed by atoms with Gasteiger partial charge in [-0.05, 0) is 59.6 Å². The summed E-state index contributed by atoms with van der Waals surface area (Å²) < 4.78 is 0. The van der Waals surface area contributed by atoms with Gasteiger partial charge in [-0.2, -0.15) is 0 Å². The summed E-state index contributed by atoms with van der Waals surface area (Å²) in [6, 6.07) is 4.62. The first-order valence-corrected chi connectivity index (χ1v) is 11.5. The van der Waals surface area contributed by atoms with Crippen LogP contribution in [-0.4, -0.2) is 5.11 Å². The molecule has 1 N–H and O–H groups in total. The molecule has 27 heavy (non-hydrogen) atoms. The molecule has 0 atom stereocenters. The first kappa shape index (κ1) is 24.1. The zero-order valence-electron chi connectivity index (χ0n) is 19.4. The minimum Gasteiger partial charge on any atom is -0.507 e. The van der Waals surface area contributed by atoms with Crippen molar-refractivity contribution in [1.29, 1.82) is 0 Å². The lowest BCUT2D eigenvalue weighted by atomic mass is 9.71. The molecule has 0 saturated carbocycles. The van der Waals surface area contributed by atoms with Crippen molar-refractivity contribution in [3.05, 3.63) is 28.8 Å². The normalized spacial score (nSPS) is 12.6. The summed E-state index contributed by atoms with van der Waals surface area (Å²) in [7, 11) is 0. The Bertz CT molecular complexity index is 515. The number of unbranched alkanes of at least 4 members (excludes halogenated alkanes) is 6. The van der Waals surface area contributed by atoms with Gasteiger partial charge in [0.1, 0.15) is 5.75 Å². The number of hydrogen-bond acceptors (Lipinski definition) is 1. The Morgan fingerprint density at radius 3 is 1.52 bits per heavy atom. The fraction of sp³-hybridized carbons (Fsp3) is 0.769. The third-order valence-corrected chi connectivity index (χ3v) is 5.62. The zero-order chi connectivity index (χ0) is 20.5. The van der Waals surface area contributed by atoms with Crippen LogP contribution in [0.3, 0.4) is 0 Å². The maximum atomic E-state index is 10.9. The highest BCUT2D eigenvalue weighted by Crippen LogP contribution is 2.39. The highest BCUT2D eigenvalue weighted by atomic mass is 16.3. The van der Waals surface area contributed by atoms with Crippen LogP contribution in [0.1, 0.15) is 123 Å². The first-order valence-electron chi connectivity index (χ1n) is 11.5. The summed E-state index contributed by atoms with van der Waals surface area (Å²) in [5, 5.41) is 10.9. The molecule has 1 aromatic carbocycles. The van der Waals surface area contributed by atoms with Gasteiger partial charge in [0, 0.05) is 0 Å². The van der Waals surface area contributed by atoms with E-state index in [1.807, 2.05) is 0 Å². The van der Waals surface area contributed by atoms with Crippen LogP contribution in [0.5, 0.6) is 5.75 Å². The minimum absolute atomic E-state index is 0.127. The van der Waals surface area contributed by atoms with Crippen molar-refractivity contribution >= 4 is 0 Å². The second-order valence-electron chi connectivity index (χ2n) is 10.4. The maximum Gasteiger partial charge on any atom is 0.121 e. The van der Waals surface area contributed by atoms with Crippen LogP contribution >= 0.6 is 0 Å². The quantitative estimate of drug-likeness (QED) is 0.364. The smallest absolute Gasteiger partial charge is 0.121 e. The second-order valence-corrected chi connectivity index (χ2v) is 10.4. The predicted molar refractivity (Wildman–Crippen MR) is 121 cm³/mol. The second kappa shape index (κ2) is 11.1. The van der Waals surface area contributed by atoms with Crippen LogP contribution in [-0.2, 0) is 18.3 Å². The first-order chi connectivity index (χ1) is 12.6. The molecule has 0 heterocycles. The summed E-state index contributed by atoms with van der Waals surface area (Å²) in [5.74, 6) is 0.582. The number of aromatic hydroxyl groups is 1. The Kier molecular flexibility index (Phi) is 9.91. The number of benzene rings is 1. The summed E-state index contributed by atoms with van der Waals surface area (Å²) in [4.78, 5) is 0. The average Bonchev–Trinajstić information content (AvgIpc) is 2.55. The molecular weight excluding hydrogens is 328 g/mol. The Hall–Kier alpha value is -0.980. The Balaban J connectivity index is 3.09. The molecule has 0 aliphatic carbocycles. The van der Waals surface area contributed by atoms with Crippen LogP contribution in [0.15, 0.2) is 12.1 Å². The molecule has 0 unspecified atom stereocenters. The van der Waals surface area contributed by atoms with E-state index in [4.69, 9.17) is 0 Å². The van der Waals surface area contributed by atoms with Gasteiger partial charge in [0.05, 0.1) is 0 Å². The highest BCUT2D eigenvalue weighted by molar-refractivity contribution is 5.46. The largest absolute Gasteiger partial charge is 0.507 e. The van der Waals surface area contributed by atoms with Gasteiger partial charge >= 0.3 is 0 Å². The Labute approximate surface area is 170 Å². The van der Waals surface area contributed by atoms with E-state index in [1.54, 1.807) is 0 Å². The molecule has 0 fully saturated rings. The van der Waals surface area contributed by atoms with E-state index in [0.717, 1.165) is 19.3 Å². The van der Waals surface area contributed by atoms with Crippen molar-refractivity contribution in [2.75, 3.05) is 0 Å². The predicted octanol–water partition coefficient (Wildman–Crippen LogP) is 8.35. The van der Waals surface area contributed by atoms with Crippen molar-refractivity contribution in [3.8, 4) is 5.75 Å². The summed E-state index contributed by atoms with van der Waals surface area (Å²) in [6.07, 6.45) is 13.1. The minimum atomic E-state index is 0.127. The third kappa shape index (κ3) is 8.71. The lowest BCUT2D eigenvalue weighted by Crippen LogP contribution is -2.25. The van der Waals surface area contributed by atoms with Crippen LogP contribution in [0.2, 0.25) is 0 Å². The third-order valence-electron chi connectivity index (χ3n) is 5.62. The molecule has 156 valence electrons. The fourth-order valence-electron chi connectivity index (χ4n) is 4.44. The van der Waals surface area contributed by atoms with Gasteiger partial charge in [-0.3, -0.25) is 0 Å². The topological polar surface area (TPSA) is 20.2 Å². The SMILES string of the molecule is CCCCCCc1cc(C(C)(C)CC(C)(C)C)cc(CCCCCC)c1O. The van der Waals surface area contributed by atoms with Gasteiger partial charge in [0.2, 0.25) is 0 Å². The molecule has 0 amide bonds. The molecule has 0 aliphatic rings. The lowest BCUT2D eigenvalue weighted by molar-refractivity contribution is 0.283. The summed E-state index contributed by atoms with van der Waals surface area (Å²) in [6.45, 7) is 16.2. The molecule has 0 saturated heterocycles. The number of aryl methyl sites for hydroxylation is 2. The molecule has 1 nitrogen and oxygen atoms in total. The van der Waals surface area contributed by atoms with E-state index >= 15 is 0 Å². The van der Waals surface area contributed by atoms with Gasteiger partial charge in [-0.15, -0.1) is 0 Å². The summed E-state index contributed by atoms with van der Waals surface area (Å²) >= 11 is 0. The number of phenolic OH excluding ortho intramolecular Hbond substituents is 1. The summed E-state index contributed by atoms with van der Waals surface area (Å²) in [5.41, 5.74) is 4.19. The van der Waals surface area contributed by atoms with E-state index in [1.165, 1.54) is 68.1 Å². The van der Waals surface area contributed by atoms with Gasteiger partial charge in [0.25, 0.3) is 0 Å². The molecule has 0 aromatic heterocycles. The number of rotatable bonds is 12. The number of phenols is 1. The monoisotopic (exact) mass is 374 g/mol. The molecule has 1 aromatic rings. The van der Waals surface area contributed by atoms with E-state index in [9.17, 15) is 5.11 Å². The highest BCUT2D eigenvalue weighted by Gasteiger charge is 2.28. The molecule has 1 heteroatoms. The van der Waals surface area contributed by atoms with Crippen molar-refractivity contribution in [2.45, 2.75) is 125 Å². The van der Waals surface area contributed by atoms with Crippen molar-refractivity contribution in [2.24, 2.45) is 5.41 Å². The van der Waals surface area contributed by atoms with Crippen molar-refractivity contribution < 1.29 is 5.11 Å². The van der Waals surface area contributed by atoms with Crippen molar-refractivity contribution in [1.82, 2.24) is 0 Å². The van der Waals surface area contributed by atoms with E-state index < -0.39 is 0 Å². The lowest BCUT2D eigenvalue weighted by Gasteiger charge is -2.34. The Morgan fingerprint density at radius 1 is 0.704 bits per heavy atom. The standard InChI is InChI=1S/C26H46O/c1-8-10-12-14-16-21-18-23(26(6,7)20-25(3,4)5)19-22(24(21)27)17-15-13-11-9-2/h18-19,27H,8-17,20H2,1-7H3. The van der Waals surface area contributed by atoms with E-state index in [-0.39, 0.29) is 5.41 Å². The van der Waals surface area contributed by atoms with Gasteiger partial charge in [-0.25, -0.2) is 0 Å². The molecular formula is C26H46O. The van der Waals surface area contributed by atoms with Crippen LogP contribution in [0, 0.1) is 5.41 Å². The zero-order valence-corrected chi connectivity index (χ0v) is 19.4. The van der Waals surface area contributed by atoms with E-state index in [0.29, 0.717) is 11.2 Å². The number of hydrogen-bond donors (Lipinski definition) is 1. The molecule has 0 aliphatic heterocycles. The van der Waals surface area contributed by atoms with Gasteiger partial charge in [0.15, 0.2) is 0 Å². The molecule has 0 spiro atoms.